The fourth-order valence-corrected chi connectivity index (χ4v) is 4.34. The molecular weight excluding hydrogens is 463 g/mol. The molecular formula is C24H21FN2O6S. The zero-order valence-corrected chi connectivity index (χ0v) is 19.1. The lowest BCUT2D eigenvalue weighted by Crippen LogP contribution is -2.26. The first-order valence-electron chi connectivity index (χ1n) is 9.94. The van der Waals surface area contributed by atoms with E-state index < -0.39 is 27.9 Å². The van der Waals surface area contributed by atoms with E-state index in [9.17, 15) is 22.7 Å². The van der Waals surface area contributed by atoms with E-state index in [0.29, 0.717) is 16.7 Å². The number of carboxylic acids is 1. The molecule has 3 rings (SSSR count). The summed E-state index contributed by atoms with van der Waals surface area (Å²) in [4.78, 5) is 11.6. The molecule has 8 nitrogen and oxygen atoms in total. The van der Waals surface area contributed by atoms with Gasteiger partial charge in [0.1, 0.15) is 5.75 Å². The van der Waals surface area contributed by atoms with E-state index in [2.05, 4.69) is 0 Å². The van der Waals surface area contributed by atoms with Crippen LogP contribution >= 0.6 is 0 Å². The zero-order valence-electron chi connectivity index (χ0n) is 18.3. The fourth-order valence-electron chi connectivity index (χ4n) is 3.16. The van der Waals surface area contributed by atoms with Crippen molar-refractivity contribution in [1.82, 2.24) is 4.31 Å². The lowest BCUT2D eigenvalue weighted by Gasteiger charge is -2.19. The normalized spacial score (nSPS) is 12.1. The molecule has 1 atom stereocenters. The third-order valence-electron chi connectivity index (χ3n) is 4.96. The second-order valence-electron chi connectivity index (χ2n) is 7.27. The predicted molar refractivity (Wildman–Crippen MR) is 120 cm³/mol. The molecule has 0 heterocycles. The van der Waals surface area contributed by atoms with Crippen molar-refractivity contribution >= 4 is 16.0 Å². The van der Waals surface area contributed by atoms with Gasteiger partial charge in [0.15, 0.2) is 11.6 Å². The van der Waals surface area contributed by atoms with Crippen molar-refractivity contribution in [3.63, 3.8) is 0 Å². The Morgan fingerprint density at radius 2 is 1.85 bits per heavy atom. The van der Waals surface area contributed by atoms with Gasteiger partial charge in [-0.05, 0) is 42.0 Å². The van der Waals surface area contributed by atoms with Gasteiger partial charge in [0.2, 0.25) is 16.1 Å². The standard InChI is InChI=1S/C24H21FN2O6S/c1-27(34(30,31)20-10-11-21(25)22(13-20)32-2)15-16-6-8-19(9-7-16)33-23(24(28)29)18-5-3-4-17(12-18)14-26/h3-13,23H,15H2,1-2H3,(H,28,29). The number of sulfonamides is 1. The van der Waals surface area contributed by atoms with Gasteiger partial charge in [-0.2, -0.15) is 9.57 Å². The van der Waals surface area contributed by atoms with Crippen molar-refractivity contribution in [2.24, 2.45) is 0 Å². The average Bonchev–Trinajstić information content (AvgIpc) is 2.83. The molecule has 0 radical (unpaired) electrons. The molecule has 1 unspecified atom stereocenters. The Labute approximate surface area is 196 Å². The minimum atomic E-state index is -3.92. The number of methoxy groups -OCH3 is 1. The topological polar surface area (TPSA) is 117 Å². The van der Waals surface area contributed by atoms with Gasteiger partial charge in [-0.15, -0.1) is 0 Å². The van der Waals surface area contributed by atoms with E-state index in [-0.39, 0.29) is 22.9 Å². The lowest BCUT2D eigenvalue weighted by atomic mass is 10.1. The number of benzene rings is 3. The molecule has 3 aromatic rings. The highest BCUT2D eigenvalue weighted by Gasteiger charge is 2.24. The van der Waals surface area contributed by atoms with Gasteiger partial charge in [-0.1, -0.05) is 24.3 Å². The summed E-state index contributed by atoms with van der Waals surface area (Å²) < 4.78 is 50.9. The van der Waals surface area contributed by atoms with Crippen molar-refractivity contribution in [3.8, 4) is 17.6 Å². The van der Waals surface area contributed by atoms with Crippen molar-refractivity contribution in [1.29, 1.82) is 5.26 Å². The zero-order chi connectivity index (χ0) is 24.9. The molecule has 34 heavy (non-hydrogen) atoms. The van der Waals surface area contributed by atoms with Gasteiger partial charge in [0.25, 0.3) is 0 Å². The smallest absolute Gasteiger partial charge is 0.349 e. The quantitative estimate of drug-likeness (QED) is 0.492. The Bertz CT molecular complexity index is 1340. The molecule has 0 aliphatic heterocycles. The third kappa shape index (κ3) is 5.51. The van der Waals surface area contributed by atoms with Gasteiger partial charge in [0, 0.05) is 25.2 Å². The van der Waals surface area contributed by atoms with Gasteiger partial charge < -0.3 is 14.6 Å². The van der Waals surface area contributed by atoms with Gasteiger partial charge in [0.05, 0.1) is 23.6 Å². The molecule has 0 saturated carbocycles. The number of ether oxygens (including phenoxy) is 2. The molecule has 1 N–H and O–H groups in total. The number of nitrogens with zero attached hydrogens (tertiary/aromatic N) is 2. The second kappa shape index (κ2) is 10.3. The van der Waals surface area contributed by atoms with E-state index in [4.69, 9.17) is 14.7 Å². The minimum Gasteiger partial charge on any atom is -0.494 e. The van der Waals surface area contributed by atoms with Crippen LogP contribution in [-0.4, -0.2) is 38.0 Å². The largest absolute Gasteiger partial charge is 0.494 e. The van der Waals surface area contributed by atoms with E-state index in [1.807, 2.05) is 6.07 Å². The molecule has 0 aliphatic carbocycles. The molecule has 10 heteroatoms. The molecule has 0 spiro atoms. The number of rotatable bonds is 9. The van der Waals surface area contributed by atoms with Gasteiger partial charge in [-0.25, -0.2) is 17.6 Å². The molecule has 0 amide bonds. The van der Waals surface area contributed by atoms with Crippen LogP contribution in [0.25, 0.3) is 0 Å². The number of hydrogen-bond donors (Lipinski definition) is 1. The van der Waals surface area contributed by atoms with E-state index in [1.165, 1.54) is 32.4 Å². The fraction of sp³-hybridized carbons (Fsp3) is 0.167. The number of nitriles is 1. The summed E-state index contributed by atoms with van der Waals surface area (Å²) in [5.74, 6) is -1.81. The van der Waals surface area contributed by atoms with Crippen molar-refractivity contribution in [3.05, 3.63) is 89.2 Å². The SMILES string of the molecule is COc1cc(S(=O)(=O)N(C)Cc2ccc(OC(C(=O)O)c3cccc(C#N)c3)cc2)ccc1F. The van der Waals surface area contributed by atoms with Crippen molar-refractivity contribution in [2.45, 2.75) is 17.5 Å². The average molecular weight is 485 g/mol. The molecule has 0 saturated heterocycles. The summed E-state index contributed by atoms with van der Waals surface area (Å²) in [6.07, 6.45) is -1.32. The van der Waals surface area contributed by atoms with Crippen LogP contribution in [0.1, 0.15) is 22.8 Å². The predicted octanol–water partition coefficient (Wildman–Crippen LogP) is 3.73. The Morgan fingerprint density at radius 1 is 1.15 bits per heavy atom. The van der Waals surface area contributed by atoms with Crippen LogP contribution in [-0.2, 0) is 21.4 Å². The highest BCUT2D eigenvalue weighted by atomic mass is 32.2. The third-order valence-corrected chi connectivity index (χ3v) is 6.76. The Balaban J connectivity index is 1.74. The highest BCUT2D eigenvalue weighted by Crippen LogP contribution is 2.26. The minimum absolute atomic E-state index is 0.00881. The summed E-state index contributed by atoms with van der Waals surface area (Å²) in [5.41, 5.74) is 1.24. The summed E-state index contributed by atoms with van der Waals surface area (Å²) >= 11 is 0. The first-order valence-corrected chi connectivity index (χ1v) is 11.4. The summed E-state index contributed by atoms with van der Waals surface area (Å²) in [7, 11) is -1.28. The molecule has 176 valence electrons. The van der Waals surface area contributed by atoms with Crippen molar-refractivity contribution in [2.75, 3.05) is 14.2 Å². The number of aliphatic carboxylic acids is 1. The molecule has 0 aromatic heterocycles. The Hall–Kier alpha value is -3.94. The number of carboxylic acid groups (broad SMARTS) is 1. The van der Waals surface area contributed by atoms with Crippen LogP contribution in [0.15, 0.2) is 71.6 Å². The monoisotopic (exact) mass is 484 g/mol. The molecule has 0 aliphatic rings. The summed E-state index contributed by atoms with van der Waals surface area (Å²) in [5, 5.41) is 18.6. The van der Waals surface area contributed by atoms with Crippen LogP contribution < -0.4 is 9.47 Å². The second-order valence-corrected chi connectivity index (χ2v) is 9.32. The molecule has 0 bridgehead atoms. The maximum absolute atomic E-state index is 13.6. The Morgan fingerprint density at radius 3 is 2.47 bits per heavy atom. The number of hydrogen-bond acceptors (Lipinski definition) is 6. The van der Waals surface area contributed by atoms with Crippen LogP contribution in [0.5, 0.6) is 11.5 Å². The Kier molecular flexibility index (Phi) is 7.50. The first kappa shape index (κ1) is 24.7. The van der Waals surface area contributed by atoms with Gasteiger partial charge >= 0.3 is 5.97 Å². The van der Waals surface area contributed by atoms with Crippen LogP contribution in [0.4, 0.5) is 4.39 Å². The van der Waals surface area contributed by atoms with Crippen molar-refractivity contribution < 1.29 is 32.2 Å². The van der Waals surface area contributed by atoms with E-state index in [0.717, 1.165) is 22.5 Å². The van der Waals surface area contributed by atoms with E-state index >= 15 is 0 Å². The lowest BCUT2D eigenvalue weighted by molar-refractivity contribution is -0.145. The van der Waals surface area contributed by atoms with Crippen LogP contribution in [0, 0.1) is 17.1 Å². The van der Waals surface area contributed by atoms with Crippen LogP contribution in [0.2, 0.25) is 0 Å². The highest BCUT2D eigenvalue weighted by molar-refractivity contribution is 7.89. The summed E-state index contributed by atoms with van der Waals surface area (Å²) in [6, 6.07) is 17.7. The molecule has 3 aromatic carbocycles. The van der Waals surface area contributed by atoms with Gasteiger partial charge in [-0.3, -0.25) is 0 Å². The molecule has 0 fully saturated rings. The maximum atomic E-state index is 13.6. The maximum Gasteiger partial charge on any atom is 0.349 e. The number of halogens is 1. The number of carbonyl (C=O) groups is 1. The van der Waals surface area contributed by atoms with E-state index in [1.54, 1.807) is 30.3 Å². The van der Waals surface area contributed by atoms with Crippen LogP contribution in [0.3, 0.4) is 0 Å². The summed E-state index contributed by atoms with van der Waals surface area (Å²) in [6.45, 7) is 0.00881. The first-order chi connectivity index (χ1) is 16.1.